The third-order valence-corrected chi connectivity index (χ3v) is 4.22. The first kappa shape index (κ1) is 23.9. The van der Waals surface area contributed by atoms with Gasteiger partial charge in [-0.1, -0.05) is 52.4 Å². The number of rotatable bonds is 14. The molecule has 0 heterocycles. The highest BCUT2D eigenvalue weighted by Crippen LogP contribution is 2.22. The van der Waals surface area contributed by atoms with Crippen molar-refractivity contribution in [2.75, 3.05) is 0 Å². The van der Waals surface area contributed by atoms with E-state index in [-0.39, 0.29) is 30.1 Å². The molecule has 4 heteroatoms. The lowest BCUT2D eigenvalue weighted by atomic mass is 9.90. The first-order valence-corrected chi connectivity index (χ1v) is 10.1. The molecule has 0 aromatic carbocycles. The smallest absolute Gasteiger partial charge is 0.309 e. The molecule has 1 atom stereocenters. The molecular weight excluding hydrogens is 316 g/mol. The van der Waals surface area contributed by atoms with Crippen LogP contribution < -0.4 is 0 Å². The molecule has 0 amide bonds. The van der Waals surface area contributed by atoms with Crippen molar-refractivity contribution in [3.05, 3.63) is 0 Å². The van der Waals surface area contributed by atoms with Crippen LogP contribution in [0.15, 0.2) is 0 Å². The van der Waals surface area contributed by atoms with E-state index in [0.29, 0.717) is 12.3 Å². The van der Waals surface area contributed by atoms with Crippen LogP contribution in [0.4, 0.5) is 0 Å². The van der Waals surface area contributed by atoms with E-state index < -0.39 is 0 Å². The first-order chi connectivity index (χ1) is 11.7. The van der Waals surface area contributed by atoms with Crippen LogP contribution in [-0.2, 0) is 19.1 Å². The molecule has 25 heavy (non-hydrogen) atoms. The SMILES string of the molecule is CC(C)OC(=O)CCCCCCCCCC(C(=O)OC(C)C)C(C)C. The number of esters is 2. The summed E-state index contributed by atoms with van der Waals surface area (Å²) in [5.41, 5.74) is 0. The van der Waals surface area contributed by atoms with E-state index in [0.717, 1.165) is 38.5 Å². The molecule has 0 bridgehead atoms. The van der Waals surface area contributed by atoms with Gasteiger partial charge in [0.2, 0.25) is 0 Å². The quantitative estimate of drug-likeness (QED) is 0.297. The fourth-order valence-electron chi connectivity index (χ4n) is 2.88. The van der Waals surface area contributed by atoms with Crippen molar-refractivity contribution in [2.45, 2.75) is 112 Å². The second-order valence-electron chi connectivity index (χ2n) is 7.89. The van der Waals surface area contributed by atoms with Gasteiger partial charge in [-0.25, -0.2) is 0 Å². The van der Waals surface area contributed by atoms with Gasteiger partial charge in [0.1, 0.15) is 0 Å². The molecule has 0 aromatic heterocycles. The molecule has 0 fully saturated rings. The Labute approximate surface area is 155 Å². The molecule has 0 saturated heterocycles. The van der Waals surface area contributed by atoms with Crippen molar-refractivity contribution in [1.29, 1.82) is 0 Å². The highest BCUT2D eigenvalue weighted by Gasteiger charge is 2.23. The van der Waals surface area contributed by atoms with Crippen LogP contribution in [-0.4, -0.2) is 24.1 Å². The summed E-state index contributed by atoms with van der Waals surface area (Å²) in [6.07, 6.45) is 9.21. The van der Waals surface area contributed by atoms with Crippen LogP contribution in [0.5, 0.6) is 0 Å². The summed E-state index contributed by atoms with van der Waals surface area (Å²) >= 11 is 0. The van der Waals surface area contributed by atoms with E-state index >= 15 is 0 Å². The molecule has 0 aliphatic carbocycles. The van der Waals surface area contributed by atoms with Crippen molar-refractivity contribution in [2.24, 2.45) is 11.8 Å². The first-order valence-electron chi connectivity index (χ1n) is 10.1. The minimum atomic E-state index is -0.0805. The number of hydrogen-bond acceptors (Lipinski definition) is 4. The van der Waals surface area contributed by atoms with Gasteiger partial charge < -0.3 is 9.47 Å². The van der Waals surface area contributed by atoms with Gasteiger partial charge in [-0.15, -0.1) is 0 Å². The van der Waals surface area contributed by atoms with Crippen LogP contribution in [0.2, 0.25) is 0 Å². The van der Waals surface area contributed by atoms with Gasteiger partial charge >= 0.3 is 11.9 Å². The average Bonchev–Trinajstić information content (AvgIpc) is 2.47. The predicted molar refractivity (Wildman–Crippen MR) is 102 cm³/mol. The molecular formula is C21H40O4. The van der Waals surface area contributed by atoms with Crippen molar-refractivity contribution in [3.63, 3.8) is 0 Å². The Bertz CT molecular complexity index is 361. The number of hydrogen-bond donors (Lipinski definition) is 0. The Morgan fingerprint density at radius 1 is 0.680 bits per heavy atom. The maximum Gasteiger partial charge on any atom is 0.309 e. The summed E-state index contributed by atoms with van der Waals surface area (Å²) in [5, 5.41) is 0. The van der Waals surface area contributed by atoms with Crippen molar-refractivity contribution in [3.8, 4) is 0 Å². The molecule has 0 aromatic rings. The zero-order valence-electron chi connectivity index (χ0n) is 17.3. The summed E-state index contributed by atoms with van der Waals surface area (Å²) in [6, 6.07) is 0. The molecule has 0 aliphatic rings. The number of carbonyl (C=O) groups is 2. The summed E-state index contributed by atoms with van der Waals surface area (Å²) in [6.45, 7) is 11.7. The largest absolute Gasteiger partial charge is 0.463 e. The van der Waals surface area contributed by atoms with Crippen LogP contribution in [0.25, 0.3) is 0 Å². The van der Waals surface area contributed by atoms with Gasteiger partial charge in [0.25, 0.3) is 0 Å². The summed E-state index contributed by atoms with van der Waals surface area (Å²) in [7, 11) is 0. The van der Waals surface area contributed by atoms with E-state index in [1.807, 2.05) is 27.7 Å². The van der Waals surface area contributed by atoms with Crippen LogP contribution in [0.1, 0.15) is 99.3 Å². The molecule has 0 spiro atoms. The third-order valence-electron chi connectivity index (χ3n) is 4.22. The molecule has 1 unspecified atom stereocenters. The standard InChI is InChI=1S/C21H40O4/c1-16(2)19(21(23)25-18(5)6)14-12-10-8-7-9-11-13-15-20(22)24-17(3)4/h16-19H,7-15H2,1-6H3. The summed E-state index contributed by atoms with van der Waals surface area (Å²) in [5.74, 6) is 0.229. The highest BCUT2D eigenvalue weighted by atomic mass is 16.5. The van der Waals surface area contributed by atoms with Gasteiger partial charge in [0.05, 0.1) is 18.1 Å². The third kappa shape index (κ3) is 13.9. The Balaban J connectivity index is 3.67. The molecule has 0 rings (SSSR count). The minimum Gasteiger partial charge on any atom is -0.463 e. The maximum atomic E-state index is 12.1. The Kier molecular flexibility index (Phi) is 13.5. The number of unbranched alkanes of at least 4 members (excludes halogenated alkanes) is 6. The second kappa shape index (κ2) is 14.1. The fourth-order valence-corrected chi connectivity index (χ4v) is 2.88. The van der Waals surface area contributed by atoms with Crippen LogP contribution in [0.3, 0.4) is 0 Å². The van der Waals surface area contributed by atoms with Crippen LogP contribution >= 0.6 is 0 Å². The van der Waals surface area contributed by atoms with Crippen LogP contribution in [0, 0.1) is 11.8 Å². The minimum absolute atomic E-state index is 0.0139. The summed E-state index contributed by atoms with van der Waals surface area (Å²) < 4.78 is 10.5. The number of carbonyl (C=O) groups excluding carboxylic acids is 2. The zero-order chi connectivity index (χ0) is 19.2. The Morgan fingerprint density at radius 3 is 1.64 bits per heavy atom. The lowest BCUT2D eigenvalue weighted by Gasteiger charge is -2.20. The normalized spacial score (nSPS) is 12.7. The van der Waals surface area contributed by atoms with Gasteiger partial charge in [-0.2, -0.15) is 0 Å². The van der Waals surface area contributed by atoms with Crippen molar-refractivity contribution in [1.82, 2.24) is 0 Å². The fraction of sp³-hybridized carbons (Fsp3) is 0.905. The lowest BCUT2D eigenvalue weighted by molar-refractivity contribution is -0.154. The Morgan fingerprint density at radius 2 is 1.16 bits per heavy atom. The number of ether oxygens (including phenoxy) is 2. The second-order valence-corrected chi connectivity index (χ2v) is 7.89. The van der Waals surface area contributed by atoms with E-state index in [1.165, 1.54) is 12.8 Å². The predicted octanol–water partition coefficient (Wildman–Crippen LogP) is 5.67. The van der Waals surface area contributed by atoms with Gasteiger partial charge in [0, 0.05) is 6.42 Å². The summed E-state index contributed by atoms with van der Waals surface area (Å²) in [4.78, 5) is 23.5. The molecule has 0 radical (unpaired) electrons. The molecule has 0 saturated carbocycles. The maximum absolute atomic E-state index is 12.1. The van der Waals surface area contributed by atoms with Gasteiger partial charge in [-0.3, -0.25) is 9.59 Å². The molecule has 4 nitrogen and oxygen atoms in total. The molecule has 148 valence electrons. The average molecular weight is 357 g/mol. The van der Waals surface area contributed by atoms with Crippen molar-refractivity contribution >= 4 is 11.9 Å². The van der Waals surface area contributed by atoms with E-state index in [2.05, 4.69) is 13.8 Å². The zero-order valence-corrected chi connectivity index (χ0v) is 17.3. The molecule has 0 aliphatic heterocycles. The lowest BCUT2D eigenvalue weighted by Crippen LogP contribution is -2.25. The topological polar surface area (TPSA) is 52.6 Å². The van der Waals surface area contributed by atoms with E-state index in [1.54, 1.807) is 0 Å². The molecule has 0 N–H and O–H groups in total. The van der Waals surface area contributed by atoms with Crippen molar-refractivity contribution < 1.29 is 19.1 Å². The monoisotopic (exact) mass is 356 g/mol. The van der Waals surface area contributed by atoms with Gasteiger partial charge in [0.15, 0.2) is 0 Å². The Hall–Kier alpha value is -1.06. The highest BCUT2D eigenvalue weighted by molar-refractivity contribution is 5.72. The van der Waals surface area contributed by atoms with E-state index in [9.17, 15) is 9.59 Å². The van der Waals surface area contributed by atoms with E-state index in [4.69, 9.17) is 9.47 Å². The van der Waals surface area contributed by atoms with Gasteiger partial charge in [-0.05, 0) is 46.5 Å².